The Kier molecular flexibility index (Phi) is 3.23. The zero-order valence-electron chi connectivity index (χ0n) is 11.2. The van der Waals surface area contributed by atoms with Gasteiger partial charge >= 0.3 is 0 Å². The number of aromatic nitrogens is 4. The van der Waals surface area contributed by atoms with Crippen molar-refractivity contribution < 1.29 is 9.18 Å². The Morgan fingerprint density at radius 2 is 2.19 bits per heavy atom. The van der Waals surface area contributed by atoms with Gasteiger partial charge in [-0.15, -0.1) is 0 Å². The van der Waals surface area contributed by atoms with Crippen LogP contribution in [0.1, 0.15) is 16.3 Å². The van der Waals surface area contributed by atoms with Crippen LogP contribution in [0.4, 0.5) is 10.1 Å². The second-order valence-electron chi connectivity index (χ2n) is 4.44. The third kappa shape index (κ3) is 2.53. The minimum absolute atomic E-state index is 0.310. The molecule has 106 valence electrons. The van der Waals surface area contributed by atoms with E-state index in [2.05, 4.69) is 20.5 Å². The summed E-state index contributed by atoms with van der Waals surface area (Å²) in [6, 6.07) is 6.02. The Morgan fingerprint density at radius 3 is 2.81 bits per heavy atom. The zero-order valence-corrected chi connectivity index (χ0v) is 11.2. The standard InChI is InChI=1S/C14H12FN5O/c1-9-16-6-7-20(9)13-3-2-10(8-11(13)15)18-14(21)12-4-5-17-19-12/h2-8H,1H3,(H,17,19)(H,18,21). The number of hydrogen-bond donors (Lipinski definition) is 2. The lowest BCUT2D eigenvalue weighted by Gasteiger charge is -2.09. The molecule has 0 aliphatic carbocycles. The predicted octanol–water partition coefficient (Wildman–Crippen LogP) is 2.30. The number of aromatic amines is 1. The van der Waals surface area contributed by atoms with Crippen LogP contribution in [0, 0.1) is 12.7 Å². The van der Waals surface area contributed by atoms with Crippen molar-refractivity contribution in [1.29, 1.82) is 0 Å². The molecule has 1 aromatic carbocycles. The normalized spacial score (nSPS) is 10.6. The molecule has 6 nitrogen and oxygen atoms in total. The number of rotatable bonds is 3. The van der Waals surface area contributed by atoms with E-state index >= 15 is 0 Å². The van der Waals surface area contributed by atoms with Gasteiger partial charge < -0.3 is 9.88 Å². The third-order valence-electron chi connectivity index (χ3n) is 3.04. The average Bonchev–Trinajstić information content (AvgIpc) is 3.10. The third-order valence-corrected chi connectivity index (χ3v) is 3.04. The van der Waals surface area contributed by atoms with Gasteiger partial charge in [0.1, 0.15) is 17.3 Å². The summed E-state index contributed by atoms with van der Waals surface area (Å²) in [5.41, 5.74) is 1.06. The van der Waals surface area contributed by atoms with Gasteiger partial charge in [0.05, 0.1) is 5.69 Å². The summed E-state index contributed by atoms with van der Waals surface area (Å²) in [6.45, 7) is 1.79. The van der Waals surface area contributed by atoms with Gasteiger partial charge in [-0.1, -0.05) is 0 Å². The molecule has 3 rings (SSSR count). The maximum Gasteiger partial charge on any atom is 0.273 e. The molecule has 3 aromatic rings. The van der Waals surface area contributed by atoms with Crippen molar-refractivity contribution in [1.82, 2.24) is 19.7 Å². The number of nitrogens with zero attached hydrogens (tertiary/aromatic N) is 3. The lowest BCUT2D eigenvalue weighted by Crippen LogP contribution is -2.12. The highest BCUT2D eigenvalue weighted by atomic mass is 19.1. The first-order valence-corrected chi connectivity index (χ1v) is 6.26. The Hall–Kier alpha value is -2.96. The molecule has 0 saturated carbocycles. The van der Waals surface area contributed by atoms with Gasteiger partial charge in [-0.25, -0.2) is 9.37 Å². The molecular formula is C14H12FN5O. The largest absolute Gasteiger partial charge is 0.321 e. The Balaban J connectivity index is 1.85. The van der Waals surface area contributed by atoms with E-state index < -0.39 is 5.82 Å². The number of hydrogen-bond acceptors (Lipinski definition) is 3. The van der Waals surface area contributed by atoms with E-state index in [9.17, 15) is 9.18 Å². The zero-order chi connectivity index (χ0) is 14.8. The first kappa shape index (κ1) is 13.0. The first-order valence-electron chi connectivity index (χ1n) is 6.26. The number of halogens is 1. The van der Waals surface area contributed by atoms with E-state index in [4.69, 9.17) is 0 Å². The summed E-state index contributed by atoms with van der Waals surface area (Å²) in [4.78, 5) is 15.9. The van der Waals surface area contributed by atoms with Crippen molar-refractivity contribution in [3.05, 3.63) is 60.2 Å². The molecule has 0 aliphatic heterocycles. The number of benzene rings is 1. The van der Waals surface area contributed by atoms with Crippen LogP contribution in [0.15, 0.2) is 42.9 Å². The second kappa shape index (κ2) is 5.20. The molecular weight excluding hydrogens is 273 g/mol. The van der Waals surface area contributed by atoms with E-state index in [-0.39, 0.29) is 5.91 Å². The molecule has 0 unspecified atom stereocenters. The highest BCUT2D eigenvalue weighted by Gasteiger charge is 2.11. The number of amides is 1. The summed E-state index contributed by atoms with van der Waals surface area (Å²) < 4.78 is 15.8. The lowest BCUT2D eigenvalue weighted by molar-refractivity contribution is 0.102. The smallest absolute Gasteiger partial charge is 0.273 e. The van der Waals surface area contributed by atoms with E-state index in [0.717, 1.165) is 0 Å². The molecule has 2 heterocycles. The highest BCUT2D eigenvalue weighted by Crippen LogP contribution is 2.19. The molecule has 0 fully saturated rings. The monoisotopic (exact) mass is 285 g/mol. The maximum absolute atomic E-state index is 14.2. The van der Waals surface area contributed by atoms with Crippen molar-refractivity contribution in [3.8, 4) is 5.69 Å². The van der Waals surface area contributed by atoms with Gasteiger partial charge in [-0.2, -0.15) is 5.10 Å². The van der Waals surface area contributed by atoms with Gasteiger partial charge in [0.2, 0.25) is 0 Å². The van der Waals surface area contributed by atoms with Crippen LogP contribution >= 0.6 is 0 Å². The number of carbonyl (C=O) groups is 1. The predicted molar refractivity (Wildman–Crippen MR) is 74.8 cm³/mol. The fraction of sp³-hybridized carbons (Fsp3) is 0.0714. The fourth-order valence-electron chi connectivity index (χ4n) is 1.99. The SMILES string of the molecule is Cc1nccn1-c1ccc(NC(=O)c2ccn[nH]2)cc1F. The van der Waals surface area contributed by atoms with Crippen molar-refractivity contribution in [3.63, 3.8) is 0 Å². The van der Waals surface area contributed by atoms with Crippen LogP contribution < -0.4 is 5.32 Å². The van der Waals surface area contributed by atoms with Crippen LogP contribution in [0.25, 0.3) is 5.69 Å². The van der Waals surface area contributed by atoms with Crippen molar-refractivity contribution in [2.45, 2.75) is 6.92 Å². The number of carbonyl (C=O) groups excluding carboxylic acids is 1. The maximum atomic E-state index is 14.2. The van der Waals surface area contributed by atoms with Gasteiger partial charge in [0.25, 0.3) is 5.91 Å². The molecule has 0 saturated heterocycles. The Morgan fingerprint density at radius 1 is 1.33 bits per heavy atom. The Bertz CT molecular complexity index is 779. The molecule has 2 aromatic heterocycles. The van der Waals surface area contributed by atoms with Crippen LogP contribution in [0.2, 0.25) is 0 Å². The minimum atomic E-state index is -0.446. The van der Waals surface area contributed by atoms with Gasteiger partial charge in [-0.05, 0) is 31.2 Å². The number of H-pyrrole nitrogens is 1. The van der Waals surface area contributed by atoms with E-state index in [0.29, 0.717) is 22.9 Å². The van der Waals surface area contributed by atoms with Crippen molar-refractivity contribution >= 4 is 11.6 Å². The minimum Gasteiger partial charge on any atom is -0.321 e. The van der Waals surface area contributed by atoms with E-state index in [1.165, 1.54) is 18.3 Å². The molecule has 7 heteroatoms. The molecule has 0 radical (unpaired) electrons. The molecule has 0 atom stereocenters. The lowest BCUT2D eigenvalue weighted by atomic mass is 10.2. The van der Waals surface area contributed by atoms with Gasteiger partial charge in [0.15, 0.2) is 0 Å². The van der Waals surface area contributed by atoms with Crippen LogP contribution in [0.5, 0.6) is 0 Å². The second-order valence-corrected chi connectivity index (χ2v) is 4.44. The van der Waals surface area contributed by atoms with Gasteiger partial charge in [-0.3, -0.25) is 9.89 Å². The molecule has 21 heavy (non-hydrogen) atoms. The average molecular weight is 285 g/mol. The molecule has 2 N–H and O–H groups in total. The van der Waals surface area contributed by atoms with Crippen LogP contribution in [-0.2, 0) is 0 Å². The van der Waals surface area contributed by atoms with Gasteiger partial charge in [0, 0.05) is 24.3 Å². The number of imidazole rings is 1. The summed E-state index contributed by atoms with van der Waals surface area (Å²) in [5.74, 6) is -0.139. The summed E-state index contributed by atoms with van der Waals surface area (Å²) in [5, 5.41) is 8.83. The van der Waals surface area contributed by atoms with E-state index in [1.807, 2.05) is 0 Å². The molecule has 0 spiro atoms. The quantitative estimate of drug-likeness (QED) is 0.775. The summed E-state index contributed by atoms with van der Waals surface area (Å²) in [7, 11) is 0. The van der Waals surface area contributed by atoms with Crippen molar-refractivity contribution in [2.24, 2.45) is 0 Å². The number of aryl methyl sites for hydroxylation is 1. The molecule has 0 bridgehead atoms. The number of nitrogens with one attached hydrogen (secondary N) is 2. The van der Waals surface area contributed by atoms with Crippen LogP contribution in [-0.4, -0.2) is 25.7 Å². The highest BCUT2D eigenvalue weighted by molar-refractivity contribution is 6.02. The summed E-state index contributed by atoms with van der Waals surface area (Å²) in [6.07, 6.45) is 4.75. The topological polar surface area (TPSA) is 75.6 Å². The molecule has 0 aliphatic rings. The molecule has 1 amide bonds. The first-order chi connectivity index (χ1) is 10.1. The Labute approximate surface area is 119 Å². The number of anilines is 1. The fourth-order valence-corrected chi connectivity index (χ4v) is 1.99. The summed E-state index contributed by atoms with van der Waals surface area (Å²) >= 11 is 0. The van der Waals surface area contributed by atoms with E-state index in [1.54, 1.807) is 36.0 Å². The van der Waals surface area contributed by atoms with Crippen molar-refractivity contribution in [2.75, 3.05) is 5.32 Å². The van der Waals surface area contributed by atoms with Crippen LogP contribution in [0.3, 0.4) is 0 Å².